The van der Waals surface area contributed by atoms with Gasteiger partial charge in [0, 0.05) is 24.7 Å². The van der Waals surface area contributed by atoms with Gasteiger partial charge >= 0.3 is 6.18 Å². The van der Waals surface area contributed by atoms with Gasteiger partial charge in [-0.1, -0.05) is 0 Å². The van der Waals surface area contributed by atoms with Crippen molar-refractivity contribution in [3.63, 3.8) is 0 Å². The van der Waals surface area contributed by atoms with Crippen molar-refractivity contribution in [2.45, 2.75) is 42.8 Å². The molecule has 0 radical (unpaired) electrons. The molecule has 1 heterocycles. The minimum atomic E-state index is -4.54. The fraction of sp³-hybridized carbons (Fsp3) is 0.438. The minimum Gasteiger partial charge on any atom is -0.269 e. The molecule has 0 aliphatic heterocycles. The van der Waals surface area contributed by atoms with Crippen LogP contribution in [-0.4, -0.2) is 24.7 Å². The molecule has 0 atom stereocenters. The van der Waals surface area contributed by atoms with Gasteiger partial charge in [0.1, 0.15) is 0 Å². The van der Waals surface area contributed by atoms with Crippen molar-refractivity contribution in [2.75, 3.05) is 6.54 Å². The highest BCUT2D eigenvalue weighted by atomic mass is 32.2. The maximum atomic E-state index is 13.2. The summed E-state index contributed by atoms with van der Waals surface area (Å²) in [6, 6.07) is 3.22. The Hall–Kier alpha value is -2.01. The topological polar surface area (TPSA) is 64.0 Å². The van der Waals surface area contributed by atoms with Crippen molar-refractivity contribution in [1.29, 1.82) is 0 Å². The van der Waals surface area contributed by atoms with Crippen LogP contribution in [0.1, 0.15) is 36.6 Å². The summed E-state index contributed by atoms with van der Waals surface area (Å²) in [6.07, 6.45) is -2.76. The molecule has 0 amide bonds. The Morgan fingerprint density at radius 3 is 2.44 bits per heavy atom. The summed E-state index contributed by atoms with van der Waals surface area (Å²) >= 11 is 0. The van der Waals surface area contributed by atoms with Gasteiger partial charge in [0.15, 0.2) is 17.3 Å². The molecule has 0 spiro atoms. The van der Waals surface area contributed by atoms with Crippen LogP contribution in [0.25, 0.3) is 0 Å². The molecular formula is C16H16F5N3O2S. The number of halogens is 5. The molecule has 27 heavy (non-hydrogen) atoms. The predicted molar refractivity (Wildman–Crippen MR) is 85.4 cm³/mol. The zero-order chi connectivity index (χ0) is 19.8. The summed E-state index contributed by atoms with van der Waals surface area (Å²) < 4.78 is 92.2. The molecule has 0 bridgehead atoms. The number of nitrogens with zero attached hydrogens (tertiary/aromatic N) is 2. The third kappa shape index (κ3) is 4.64. The molecule has 3 rings (SSSR count). The SMILES string of the molecule is O=S(=O)(NCCCn1nc(C(F)(F)F)cc1C1CC1)c1ccc(F)c(F)c1. The van der Waals surface area contributed by atoms with Gasteiger partial charge in [-0.2, -0.15) is 18.3 Å². The molecule has 1 aliphatic carbocycles. The molecule has 0 unspecified atom stereocenters. The van der Waals surface area contributed by atoms with Crippen molar-refractivity contribution in [3.05, 3.63) is 47.3 Å². The van der Waals surface area contributed by atoms with Crippen molar-refractivity contribution in [2.24, 2.45) is 0 Å². The Morgan fingerprint density at radius 2 is 1.85 bits per heavy atom. The fourth-order valence-electron chi connectivity index (χ4n) is 2.62. The van der Waals surface area contributed by atoms with Crippen LogP contribution in [0, 0.1) is 11.6 Å². The highest BCUT2D eigenvalue weighted by Gasteiger charge is 2.37. The van der Waals surface area contributed by atoms with E-state index >= 15 is 0 Å². The van der Waals surface area contributed by atoms with E-state index in [0.29, 0.717) is 17.8 Å². The first-order chi connectivity index (χ1) is 12.6. The van der Waals surface area contributed by atoms with Crippen molar-refractivity contribution in [3.8, 4) is 0 Å². The highest BCUT2D eigenvalue weighted by molar-refractivity contribution is 7.89. The van der Waals surface area contributed by atoms with Crippen LogP contribution >= 0.6 is 0 Å². The molecule has 1 saturated carbocycles. The summed E-state index contributed by atoms with van der Waals surface area (Å²) in [5.74, 6) is -2.41. The Bertz CT molecular complexity index is 936. The summed E-state index contributed by atoms with van der Waals surface area (Å²) in [6.45, 7) is 0.00879. The Labute approximate surface area is 152 Å². The van der Waals surface area contributed by atoms with Crippen LogP contribution in [0.3, 0.4) is 0 Å². The molecule has 0 saturated heterocycles. The molecule has 1 aromatic heterocycles. The Balaban J connectivity index is 1.61. The van der Waals surface area contributed by atoms with E-state index in [1.54, 1.807) is 0 Å². The minimum absolute atomic E-state index is 0.0486. The molecule has 148 valence electrons. The summed E-state index contributed by atoms with van der Waals surface area (Å²) in [5.41, 5.74) is -0.474. The predicted octanol–water partition coefficient (Wildman–Crippen LogP) is 3.43. The van der Waals surface area contributed by atoms with Gasteiger partial charge in [-0.15, -0.1) is 0 Å². The number of hydrogen-bond donors (Lipinski definition) is 1. The second-order valence-corrected chi connectivity index (χ2v) is 8.04. The molecule has 1 fully saturated rings. The van der Waals surface area contributed by atoms with E-state index in [1.807, 2.05) is 0 Å². The largest absolute Gasteiger partial charge is 0.435 e. The summed E-state index contributed by atoms with van der Waals surface area (Å²) in [7, 11) is -4.05. The van der Waals surface area contributed by atoms with E-state index in [9.17, 15) is 30.4 Å². The lowest BCUT2D eigenvalue weighted by molar-refractivity contribution is -0.141. The summed E-state index contributed by atoms with van der Waals surface area (Å²) in [4.78, 5) is -0.432. The smallest absolute Gasteiger partial charge is 0.269 e. The monoisotopic (exact) mass is 409 g/mol. The first-order valence-corrected chi connectivity index (χ1v) is 9.66. The van der Waals surface area contributed by atoms with Crippen LogP contribution in [-0.2, 0) is 22.7 Å². The number of benzene rings is 1. The Kier molecular flexibility index (Phi) is 5.26. The van der Waals surface area contributed by atoms with Crippen LogP contribution < -0.4 is 4.72 Å². The zero-order valence-corrected chi connectivity index (χ0v) is 14.7. The van der Waals surface area contributed by atoms with Crippen LogP contribution in [0.4, 0.5) is 22.0 Å². The average molecular weight is 409 g/mol. The second kappa shape index (κ2) is 7.19. The maximum Gasteiger partial charge on any atom is 0.435 e. The van der Waals surface area contributed by atoms with Crippen LogP contribution in [0.5, 0.6) is 0 Å². The fourth-order valence-corrected chi connectivity index (χ4v) is 3.70. The molecule has 1 aliphatic rings. The van der Waals surface area contributed by atoms with Crippen LogP contribution in [0.15, 0.2) is 29.2 Å². The van der Waals surface area contributed by atoms with E-state index < -0.39 is 38.4 Å². The number of alkyl halides is 3. The van der Waals surface area contributed by atoms with Gasteiger partial charge < -0.3 is 0 Å². The van der Waals surface area contributed by atoms with E-state index in [4.69, 9.17) is 0 Å². The normalized spacial score (nSPS) is 15.3. The lowest BCUT2D eigenvalue weighted by atomic mass is 10.2. The summed E-state index contributed by atoms with van der Waals surface area (Å²) in [5, 5.41) is 3.58. The van der Waals surface area contributed by atoms with Gasteiger partial charge in [0.25, 0.3) is 0 Å². The van der Waals surface area contributed by atoms with E-state index in [1.165, 1.54) is 4.68 Å². The number of sulfonamides is 1. The van der Waals surface area contributed by atoms with Gasteiger partial charge in [-0.25, -0.2) is 21.9 Å². The van der Waals surface area contributed by atoms with Gasteiger partial charge in [-0.05, 0) is 43.5 Å². The van der Waals surface area contributed by atoms with Crippen molar-refractivity contribution in [1.82, 2.24) is 14.5 Å². The highest BCUT2D eigenvalue weighted by Crippen LogP contribution is 2.42. The second-order valence-electron chi connectivity index (χ2n) is 6.28. The first kappa shape index (κ1) is 19.7. The quantitative estimate of drug-likeness (QED) is 0.563. The average Bonchev–Trinajstić information content (AvgIpc) is 3.32. The maximum absolute atomic E-state index is 13.2. The zero-order valence-electron chi connectivity index (χ0n) is 13.9. The molecule has 5 nitrogen and oxygen atoms in total. The molecule has 11 heteroatoms. The van der Waals surface area contributed by atoms with Gasteiger partial charge in [0.2, 0.25) is 10.0 Å². The lowest BCUT2D eigenvalue weighted by Gasteiger charge is -2.09. The number of aromatic nitrogens is 2. The lowest BCUT2D eigenvalue weighted by Crippen LogP contribution is -2.26. The van der Waals surface area contributed by atoms with Crippen LogP contribution in [0.2, 0.25) is 0 Å². The van der Waals surface area contributed by atoms with Crippen molar-refractivity contribution < 1.29 is 30.4 Å². The van der Waals surface area contributed by atoms with E-state index in [0.717, 1.165) is 25.0 Å². The molecular weight excluding hydrogens is 393 g/mol. The molecule has 1 N–H and O–H groups in total. The number of aryl methyl sites for hydroxylation is 1. The molecule has 1 aromatic carbocycles. The third-order valence-corrected chi connectivity index (χ3v) is 5.60. The van der Waals surface area contributed by atoms with Gasteiger partial charge in [0.05, 0.1) is 4.90 Å². The molecule has 2 aromatic rings. The first-order valence-electron chi connectivity index (χ1n) is 8.17. The number of rotatable bonds is 7. The van der Waals surface area contributed by atoms with E-state index in [-0.39, 0.29) is 25.4 Å². The Morgan fingerprint density at radius 1 is 1.15 bits per heavy atom. The van der Waals surface area contributed by atoms with E-state index in [2.05, 4.69) is 9.82 Å². The van der Waals surface area contributed by atoms with Crippen molar-refractivity contribution >= 4 is 10.0 Å². The third-order valence-electron chi connectivity index (χ3n) is 4.14. The standard InChI is InChI=1S/C16H16F5N3O2S/c17-12-5-4-11(8-13(12)18)27(25,26)22-6-1-7-24-14(10-2-3-10)9-15(23-24)16(19,20)21/h4-5,8-10,22H,1-3,6-7H2. The van der Waals surface area contributed by atoms with Gasteiger partial charge in [-0.3, -0.25) is 4.68 Å². The number of nitrogens with one attached hydrogen (secondary N) is 1. The number of hydrogen-bond acceptors (Lipinski definition) is 3.